The monoisotopic (exact) mass is 438 g/mol. The average molecular weight is 439 g/mol. The van der Waals surface area contributed by atoms with Gasteiger partial charge in [0, 0.05) is 12.0 Å². The van der Waals surface area contributed by atoms with Crippen molar-refractivity contribution in [1.82, 2.24) is 9.80 Å². The van der Waals surface area contributed by atoms with Crippen molar-refractivity contribution in [2.75, 3.05) is 21.1 Å². The number of carbonyl (C=O) groups excluding carboxylic acids is 2. The molecule has 174 valence electrons. The van der Waals surface area contributed by atoms with Gasteiger partial charge >= 0.3 is 6.09 Å². The van der Waals surface area contributed by atoms with Crippen molar-refractivity contribution in [1.29, 1.82) is 0 Å². The van der Waals surface area contributed by atoms with E-state index in [0.717, 1.165) is 17.5 Å². The standard InChI is InChI=1S/C24H29NO3.C3H9N/c1-5-18-16-21(25(22(18)26)23(27)28-24(2,3)4)15-17-11-13-20(14-12-17)19-9-7-6-8-10-19;1-4(2)3/h6-14,18,21H,5,15-16H2,1-4H3;1-3H3/t18?,21-;/m1./s1. The third kappa shape index (κ3) is 7.49. The number of likely N-dealkylation sites (tertiary alicyclic amines) is 1. The molecule has 1 saturated heterocycles. The highest BCUT2D eigenvalue weighted by atomic mass is 16.6. The van der Waals surface area contributed by atoms with Crippen LogP contribution in [0.25, 0.3) is 11.1 Å². The van der Waals surface area contributed by atoms with Crippen molar-refractivity contribution in [3.8, 4) is 11.1 Å². The van der Waals surface area contributed by atoms with Gasteiger partial charge in [-0.25, -0.2) is 9.69 Å². The molecule has 1 unspecified atom stereocenters. The van der Waals surface area contributed by atoms with Gasteiger partial charge in [0.1, 0.15) is 5.60 Å². The first-order valence-corrected chi connectivity index (χ1v) is 11.3. The third-order valence-corrected chi connectivity index (χ3v) is 5.12. The molecule has 32 heavy (non-hydrogen) atoms. The van der Waals surface area contributed by atoms with Gasteiger partial charge in [-0.15, -0.1) is 0 Å². The molecule has 2 aromatic rings. The molecular weight excluding hydrogens is 400 g/mol. The van der Waals surface area contributed by atoms with E-state index in [4.69, 9.17) is 4.74 Å². The SMILES string of the molecule is CCC1C[C@@H](Cc2ccc(-c3ccccc3)cc2)N(C(=O)OC(C)(C)C)C1=O.CN(C)C. The second-order valence-electron chi connectivity index (χ2n) is 9.79. The van der Waals surface area contributed by atoms with Crippen LogP contribution < -0.4 is 0 Å². The van der Waals surface area contributed by atoms with Crippen LogP contribution in [0.15, 0.2) is 54.6 Å². The fourth-order valence-corrected chi connectivity index (χ4v) is 3.71. The molecule has 0 aromatic heterocycles. The summed E-state index contributed by atoms with van der Waals surface area (Å²) in [4.78, 5) is 28.7. The topological polar surface area (TPSA) is 49.9 Å². The number of hydrogen-bond donors (Lipinski definition) is 0. The molecule has 1 fully saturated rings. The van der Waals surface area contributed by atoms with Crippen LogP contribution in [0.3, 0.4) is 0 Å². The minimum Gasteiger partial charge on any atom is -0.443 e. The van der Waals surface area contributed by atoms with Crippen molar-refractivity contribution in [3.63, 3.8) is 0 Å². The van der Waals surface area contributed by atoms with Crippen molar-refractivity contribution in [2.24, 2.45) is 5.92 Å². The summed E-state index contributed by atoms with van der Waals surface area (Å²) >= 11 is 0. The zero-order valence-corrected chi connectivity index (χ0v) is 20.6. The Kier molecular flexibility index (Phi) is 9.02. The van der Waals surface area contributed by atoms with E-state index in [1.807, 2.05) is 71.9 Å². The fourth-order valence-electron chi connectivity index (χ4n) is 3.71. The van der Waals surface area contributed by atoms with E-state index in [9.17, 15) is 9.59 Å². The predicted octanol–water partition coefficient (Wildman–Crippen LogP) is 5.64. The highest BCUT2D eigenvalue weighted by Crippen LogP contribution is 2.31. The van der Waals surface area contributed by atoms with Gasteiger partial charge in [-0.2, -0.15) is 0 Å². The first-order chi connectivity index (χ1) is 15.0. The number of imide groups is 1. The summed E-state index contributed by atoms with van der Waals surface area (Å²) in [6, 6.07) is 18.4. The minimum atomic E-state index is -0.621. The van der Waals surface area contributed by atoms with E-state index in [1.165, 1.54) is 10.5 Å². The molecule has 5 heteroatoms. The summed E-state index contributed by atoms with van der Waals surface area (Å²) in [6.45, 7) is 7.45. The van der Waals surface area contributed by atoms with E-state index in [-0.39, 0.29) is 17.9 Å². The molecule has 0 radical (unpaired) electrons. The van der Waals surface area contributed by atoms with Crippen LogP contribution in [0.4, 0.5) is 4.79 Å². The van der Waals surface area contributed by atoms with E-state index in [0.29, 0.717) is 12.8 Å². The first kappa shape index (κ1) is 25.6. The number of ether oxygens (including phenoxy) is 1. The molecule has 0 spiro atoms. The number of benzene rings is 2. The largest absolute Gasteiger partial charge is 0.443 e. The Hall–Kier alpha value is -2.66. The summed E-state index contributed by atoms with van der Waals surface area (Å²) in [6.07, 6.45) is 1.55. The lowest BCUT2D eigenvalue weighted by Gasteiger charge is -2.27. The summed E-state index contributed by atoms with van der Waals surface area (Å²) in [7, 11) is 6.00. The molecule has 3 rings (SSSR count). The van der Waals surface area contributed by atoms with Crippen molar-refractivity contribution >= 4 is 12.0 Å². The van der Waals surface area contributed by atoms with Crippen LogP contribution in [0.1, 0.15) is 46.1 Å². The molecular formula is C27H38N2O3. The number of nitrogens with zero attached hydrogens (tertiary/aromatic N) is 2. The van der Waals surface area contributed by atoms with Gasteiger partial charge in [0.05, 0.1) is 0 Å². The first-order valence-electron chi connectivity index (χ1n) is 11.3. The predicted molar refractivity (Wildman–Crippen MR) is 130 cm³/mol. The van der Waals surface area contributed by atoms with Crippen LogP contribution in [-0.2, 0) is 16.0 Å². The average Bonchev–Trinajstić information content (AvgIpc) is 3.02. The molecule has 2 aromatic carbocycles. The van der Waals surface area contributed by atoms with Crippen molar-refractivity contribution < 1.29 is 14.3 Å². The van der Waals surface area contributed by atoms with Gasteiger partial charge in [-0.05, 0) is 77.9 Å². The summed E-state index contributed by atoms with van der Waals surface area (Å²) < 4.78 is 5.50. The Morgan fingerprint density at radius 2 is 1.53 bits per heavy atom. The van der Waals surface area contributed by atoms with Crippen LogP contribution >= 0.6 is 0 Å². The maximum Gasteiger partial charge on any atom is 0.417 e. The highest BCUT2D eigenvalue weighted by Gasteiger charge is 2.43. The van der Waals surface area contributed by atoms with Crippen LogP contribution in [-0.4, -0.2) is 54.6 Å². The molecule has 2 atom stereocenters. The quantitative estimate of drug-likeness (QED) is 0.620. The van der Waals surface area contributed by atoms with Crippen LogP contribution in [0.5, 0.6) is 0 Å². The molecule has 0 N–H and O–H groups in total. The lowest BCUT2D eigenvalue weighted by Crippen LogP contribution is -2.43. The highest BCUT2D eigenvalue weighted by molar-refractivity contribution is 5.95. The van der Waals surface area contributed by atoms with Gasteiger partial charge in [-0.3, -0.25) is 4.79 Å². The Morgan fingerprint density at radius 1 is 1.00 bits per heavy atom. The molecule has 1 heterocycles. The number of rotatable bonds is 4. The molecule has 1 aliphatic heterocycles. The summed E-state index contributed by atoms with van der Waals surface area (Å²) in [5, 5.41) is 0. The van der Waals surface area contributed by atoms with Crippen molar-refractivity contribution in [2.45, 2.75) is 58.6 Å². The zero-order valence-electron chi connectivity index (χ0n) is 20.6. The zero-order chi connectivity index (χ0) is 23.9. The lowest BCUT2D eigenvalue weighted by molar-refractivity contribution is -0.131. The van der Waals surface area contributed by atoms with Crippen LogP contribution in [0, 0.1) is 5.92 Å². The third-order valence-electron chi connectivity index (χ3n) is 5.12. The smallest absolute Gasteiger partial charge is 0.417 e. The maximum absolute atomic E-state index is 12.7. The summed E-state index contributed by atoms with van der Waals surface area (Å²) in [5.74, 6) is -0.219. The normalized spacial score (nSPS) is 18.4. The Morgan fingerprint density at radius 3 is 2.03 bits per heavy atom. The molecule has 1 aliphatic rings. The van der Waals surface area contributed by atoms with E-state index in [2.05, 4.69) is 36.4 Å². The van der Waals surface area contributed by atoms with Crippen LogP contribution in [0.2, 0.25) is 0 Å². The van der Waals surface area contributed by atoms with Gasteiger partial charge in [0.25, 0.3) is 0 Å². The molecule has 0 aliphatic carbocycles. The van der Waals surface area contributed by atoms with Crippen molar-refractivity contribution in [3.05, 3.63) is 60.2 Å². The van der Waals surface area contributed by atoms with E-state index >= 15 is 0 Å². The molecule has 0 saturated carbocycles. The van der Waals surface area contributed by atoms with Gasteiger partial charge in [0.15, 0.2) is 0 Å². The number of hydrogen-bond acceptors (Lipinski definition) is 4. The Labute approximate surface area is 193 Å². The van der Waals surface area contributed by atoms with Gasteiger partial charge in [-0.1, -0.05) is 61.5 Å². The van der Waals surface area contributed by atoms with Gasteiger partial charge in [0.2, 0.25) is 5.91 Å². The van der Waals surface area contributed by atoms with Gasteiger partial charge < -0.3 is 9.64 Å². The second-order valence-corrected chi connectivity index (χ2v) is 9.79. The fraction of sp³-hybridized carbons (Fsp3) is 0.481. The molecule has 5 nitrogen and oxygen atoms in total. The van der Waals surface area contributed by atoms with E-state index in [1.54, 1.807) is 0 Å². The number of amides is 2. The molecule has 2 amide bonds. The number of carbonyl (C=O) groups is 2. The Bertz CT molecular complexity index is 867. The second kappa shape index (κ2) is 11.3. The van der Waals surface area contributed by atoms with E-state index < -0.39 is 11.7 Å². The Balaban J connectivity index is 0.000000837. The minimum absolute atomic E-state index is 0.109. The lowest BCUT2D eigenvalue weighted by atomic mass is 9.96. The maximum atomic E-state index is 12.7. The summed E-state index contributed by atoms with van der Waals surface area (Å²) in [5.41, 5.74) is 2.82. The molecule has 0 bridgehead atoms.